The number of carbonyl (C=O) groups is 1. The van der Waals surface area contributed by atoms with E-state index in [1.54, 1.807) is 30.2 Å². The zero-order chi connectivity index (χ0) is 14.5. The molecule has 0 amide bonds. The zero-order valence-electron chi connectivity index (χ0n) is 10.8. The minimum Gasteiger partial charge on any atom is -0.478 e. The van der Waals surface area contributed by atoms with Crippen LogP contribution < -0.4 is 0 Å². The fourth-order valence-corrected chi connectivity index (χ4v) is 2.56. The van der Waals surface area contributed by atoms with Gasteiger partial charge in [-0.25, -0.2) is 9.18 Å². The summed E-state index contributed by atoms with van der Waals surface area (Å²) in [5.41, 5.74) is 1.19. The van der Waals surface area contributed by atoms with Gasteiger partial charge in [0.1, 0.15) is 11.6 Å². The molecule has 0 atom stereocenters. The average Bonchev–Trinajstić information content (AvgIpc) is 2.81. The van der Waals surface area contributed by atoms with Crippen LogP contribution in [-0.2, 0) is 10.5 Å². The Hall–Kier alpha value is -2.01. The van der Waals surface area contributed by atoms with Crippen molar-refractivity contribution in [3.8, 4) is 0 Å². The van der Waals surface area contributed by atoms with Gasteiger partial charge in [0.25, 0.3) is 0 Å². The Balaban J connectivity index is 2.11. The van der Waals surface area contributed by atoms with Crippen molar-refractivity contribution in [1.82, 2.24) is 0 Å². The first-order chi connectivity index (χ1) is 9.56. The van der Waals surface area contributed by atoms with E-state index in [1.165, 1.54) is 12.1 Å². The molecule has 5 heteroatoms. The topological polar surface area (TPSA) is 50.4 Å². The summed E-state index contributed by atoms with van der Waals surface area (Å²) >= 11 is 1.59. The summed E-state index contributed by atoms with van der Waals surface area (Å²) in [7, 11) is 0. The molecule has 0 bridgehead atoms. The van der Waals surface area contributed by atoms with Crippen molar-refractivity contribution in [3.63, 3.8) is 0 Å². The average molecular weight is 292 g/mol. The largest absolute Gasteiger partial charge is 0.478 e. The molecule has 0 fully saturated rings. The second-order valence-electron chi connectivity index (χ2n) is 4.16. The van der Waals surface area contributed by atoms with E-state index in [0.29, 0.717) is 5.75 Å². The van der Waals surface area contributed by atoms with E-state index in [2.05, 4.69) is 0 Å². The Labute approximate surface area is 120 Å². The van der Waals surface area contributed by atoms with Crippen molar-refractivity contribution in [2.75, 3.05) is 0 Å². The molecule has 0 unspecified atom stereocenters. The van der Waals surface area contributed by atoms with Crippen molar-refractivity contribution < 1.29 is 18.7 Å². The molecule has 1 heterocycles. The smallest absolute Gasteiger partial charge is 0.328 e. The molecule has 1 aromatic heterocycles. The van der Waals surface area contributed by atoms with Crippen LogP contribution in [0.1, 0.15) is 16.9 Å². The second kappa shape index (κ2) is 6.43. The van der Waals surface area contributed by atoms with Crippen LogP contribution in [-0.4, -0.2) is 11.1 Å². The standard InChI is InChI=1S/C15H13FO3S/c1-10-14(6-7-19-10)20-9-11-2-4-13(16)12(8-11)3-5-15(17)18/h2-8H,9H2,1H3,(H,17,18)/b5-3+. The fourth-order valence-electron chi connectivity index (χ4n) is 1.66. The van der Waals surface area contributed by atoms with E-state index in [1.807, 2.05) is 13.0 Å². The molecule has 3 nitrogen and oxygen atoms in total. The molecule has 0 spiro atoms. The molecular weight excluding hydrogens is 279 g/mol. The summed E-state index contributed by atoms with van der Waals surface area (Å²) in [5.74, 6) is -0.0220. The highest BCUT2D eigenvalue weighted by molar-refractivity contribution is 7.98. The minimum absolute atomic E-state index is 0.273. The van der Waals surface area contributed by atoms with Crippen molar-refractivity contribution >= 4 is 23.8 Å². The molecule has 0 aliphatic heterocycles. The number of aliphatic carboxylic acids is 1. The highest BCUT2D eigenvalue weighted by atomic mass is 32.2. The lowest BCUT2D eigenvalue weighted by molar-refractivity contribution is -0.131. The van der Waals surface area contributed by atoms with Crippen molar-refractivity contribution in [2.24, 2.45) is 0 Å². The number of aryl methyl sites for hydroxylation is 1. The summed E-state index contributed by atoms with van der Waals surface area (Å²) in [6.45, 7) is 1.88. The molecule has 0 aliphatic rings. The van der Waals surface area contributed by atoms with Gasteiger partial charge in [0.2, 0.25) is 0 Å². The second-order valence-corrected chi connectivity index (χ2v) is 5.17. The first-order valence-corrected chi connectivity index (χ1v) is 6.91. The Bertz CT molecular complexity index is 646. The number of benzene rings is 1. The van der Waals surface area contributed by atoms with Crippen molar-refractivity contribution in [1.29, 1.82) is 0 Å². The number of thioether (sulfide) groups is 1. The molecule has 2 rings (SSSR count). The number of carboxylic acid groups (broad SMARTS) is 1. The molecule has 0 saturated carbocycles. The van der Waals surface area contributed by atoms with Crippen LogP contribution in [0.25, 0.3) is 6.08 Å². The summed E-state index contributed by atoms with van der Waals surface area (Å²) < 4.78 is 18.7. The Morgan fingerprint density at radius 3 is 2.90 bits per heavy atom. The van der Waals surface area contributed by atoms with Gasteiger partial charge in [-0.05, 0) is 36.8 Å². The number of hydrogen-bond donors (Lipinski definition) is 1. The van der Waals surface area contributed by atoms with Gasteiger partial charge in [-0.3, -0.25) is 0 Å². The Morgan fingerprint density at radius 1 is 1.45 bits per heavy atom. The van der Waals surface area contributed by atoms with Gasteiger partial charge in [-0.15, -0.1) is 11.8 Å². The molecule has 0 saturated heterocycles. The lowest BCUT2D eigenvalue weighted by atomic mass is 10.1. The zero-order valence-corrected chi connectivity index (χ0v) is 11.6. The number of rotatable bonds is 5. The van der Waals surface area contributed by atoms with Crippen LogP contribution in [0.4, 0.5) is 4.39 Å². The minimum atomic E-state index is -1.10. The van der Waals surface area contributed by atoms with E-state index < -0.39 is 11.8 Å². The molecule has 0 radical (unpaired) electrons. The molecule has 0 aliphatic carbocycles. The van der Waals surface area contributed by atoms with Crippen LogP contribution in [0, 0.1) is 12.7 Å². The van der Waals surface area contributed by atoms with Gasteiger partial charge in [0.15, 0.2) is 0 Å². The monoisotopic (exact) mass is 292 g/mol. The fraction of sp³-hybridized carbons (Fsp3) is 0.133. The first-order valence-electron chi connectivity index (χ1n) is 5.92. The Morgan fingerprint density at radius 2 is 2.25 bits per heavy atom. The summed E-state index contributed by atoms with van der Waals surface area (Å²) in [6, 6.07) is 6.57. The molecule has 1 aromatic carbocycles. The third-order valence-electron chi connectivity index (χ3n) is 2.67. The molecule has 1 N–H and O–H groups in total. The van der Waals surface area contributed by atoms with E-state index in [9.17, 15) is 9.18 Å². The van der Waals surface area contributed by atoms with Crippen LogP contribution in [0.5, 0.6) is 0 Å². The van der Waals surface area contributed by atoms with Crippen LogP contribution in [0.2, 0.25) is 0 Å². The highest BCUT2D eigenvalue weighted by Crippen LogP contribution is 2.27. The van der Waals surface area contributed by atoms with Crippen LogP contribution in [0.3, 0.4) is 0 Å². The van der Waals surface area contributed by atoms with Gasteiger partial charge in [0.05, 0.1) is 6.26 Å². The summed E-state index contributed by atoms with van der Waals surface area (Å²) in [4.78, 5) is 11.5. The lowest BCUT2D eigenvalue weighted by Gasteiger charge is -2.03. The number of hydrogen-bond acceptors (Lipinski definition) is 3. The first kappa shape index (κ1) is 14.4. The van der Waals surface area contributed by atoms with Crippen molar-refractivity contribution in [2.45, 2.75) is 17.6 Å². The maximum atomic E-state index is 13.5. The molecule has 104 valence electrons. The van der Waals surface area contributed by atoms with Crippen LogP contribution >= 0.6 is 11.8 Å². The third kappa shape index (κ3) is 3.74. The van der Waals surface area contributed by atoms with Gasteiger partial charge in [-0.2, -0.15) is 0 Å². The SMILES string of the molecule is Cc1occc1SCc1ccc(F)c(/C=C/C(=O)O)c1. The maximum absolute atomic E-state index is 13.5. The normalized spacial score (nSPS) is 11.1. The number of carboxylic acids is 1. The number of halogens is 1. The van der Waals surface area contributed by atoms with Gasteiger partial charge < -0.3 is 9.52 Å². The van der Waals surface area contributed by atoms with E-state index in [0.717, 1.165) is 22.3 Å². The van der Waals surface area contributed by atoms with Crippen molar-refractivity contribution in [3.05, 3.63) is 59.3 Å². The number of furan rings is 1. The lowest BCUT2D eigenvalue weighted by Crippen LogP contribution is -1.90. The van der Waals surface area contributed by atoms with E-state index in [4.69, 9.17) is 9.52 Å². The van der Waals surface area contributed by atoms with E-state index in [-0.39, 0.29) is 5.56 Å². The summed E-state index contributed by atoms with van der Waals surface area (Å²) in [6.07, 6.45) is 3.81. The third-order valence-corrected chi connectivity index (χ3v) is 3.88. The molecule has 2 aromatic rings. The summed E-state index contributed by atoms with van der Waals surface area (Å²) in [5, 5.41) is 8.57. The van der Waals surface area contributed by atoms with Gasteiger partial charge >= 0.3 is 5.97 Å². The maximum Gasteiger partial charge on any atom is 0.328 e. The van der Waals surface area contributed by atoms with Gasteiger partial charge in [-0.1, -0.05) is 6.07 Å². The quantitative estimate of drug-likeness (QED) is 0.665. The predicted molar refractivity (Wildman–Crippen MR) is 76.1 cm³/mol. The Kier molecular flexibility index (Phi) is 4.63. The van der Waals surface area contributed by atoms with Gasteiger partial charge in [0, 0.05) is 22.3 Å². The van der Waals surface area contributed by atoms with E-state index >= 15 is 0 Å². The molecular formula is C15H13FO3S. The van der Waals surface area contributed by atoms with Crippen LogP contribution in [0.15, 0.2) is 45.9 Å². The highest BCUT2D eigenvalue weighted by Gasteiger charge is 2.05. The predicted octanol–water partition coefficient (Wildman–Crippen LogP) is 4.12. The molecule has 20 heavy (non-hydrogen) atoms.